The molecule has 0 radical (unpaired) electrons. The molecule has 0 aliphatic rings. The summed E-state index contributed by atoms with van der Waals surface area (Å²) in [6.07, 6.45) is 0. The van der Waals surface area contributed by atoms with Crippen LogP contribution in [0.3, 0.4) is 0 Å². The molecule has 2 aromatic rings. The molecule has 2 rings (SSSR count). The highest BCUT2D eigenvalue weighted by Gasteiger charge is 2.16. The smallest absolute Gasteiger partial charge is 0.123 e. The Morgan fingerprint density at radius 1 is 1.16 bits per heavy atom. The van der Waals surface area contributed by atoms with Crippen LogP contribution in [0.4, 0.5) is 5.69 Å². The fourth-order valence-electron chi connectivity index (χ4n) is 2.32. The number of hydrogen-bond donors (Lipinski definition) is 2. The van der Waals surface area contributed by atoms with E-state index in [1.54, 1.807) is 7.11 Å². The minimum atomic E-state index is 0.0679. The summed E-state index contributed by atoms with van der Waals surface area (Å²) in [5.74, 6) is 0.882. The van der Waals surface area contributed by atoms with Gasteiger partial charge in [-0.2, -0.15) is 0 Å². The second kappa shape index (κ2) is 5.76. The van der Waals surface area contributed by atoms with Crippen LogP contribution >= 0.6 is 0 Å². The molecule has 0 aliphatic carbocycles. The lowest BCUT2D eigenvalue weighted by atomic mass is 9.96. The molecule has 0 aromatic heterocycles. The van der Waals surface area contributed by atoms with Crippen LogP contribution in [0.1, 0.15) is 22.7 Å². The topological polar surface area (TPSA) is 47.3 Å². The molecule has 1 unspecified atom stereocenters. The van der Waals surface area contributed by atoms with Gasteiger partial charge in [-0.3, -0.25) is 0 Å². The number of aryl methyl sites for hydroxylation is 1. The minimum Gasteiger partial charge on any atom is -0.496 e. The van der Waals surface area contributed by atoms with Crippen molar-refractivity contribution in [1.82, 2.24) is 5.32 Å². The lowest BCUT2D eigenvalue weighted by Crippen LogP contribution is -2.18. The maximum atomic E-state index is 5.87. The summed E-state index contributed by atoms with van der Waals surface area (Å²) < 4.78 is 5.46. The maximum absolute atomic E-state index is 5.87. The zero-order valence-electron chi connectivity index (χ0n) is 11.6. The SMILES string of the molecule is CNC(c1cccc(N)c1)c1cc(C)ccc1OC. The molecule has 3 nitrogen and oxygen atoms in total. The van der Waals surface area contributed by atoms with Crippen LogP contribution in [0.25, 0.3) is 0 Å². The van der Waals surface area contributed by atoms with Gasteiger partial charge in [0.05, 0.1) is 13.2 Å². The van der Waals surface area contributed by atoms with Crippen LogP contribution in [0, 0.1) is 6.92 Å². The molecule has 1 atom stereocenters. The van der Waals surface area contributed by atoms with E-state index in [4.69, 9.17) is 10.5 Å². The molecule has 0 saturated heterocycles. The van der Waals surface area contributed by atoms with Crippen LogP contribution < -0.4 is 15.8 Å². The van der Waals surface area contributed by atoms with Crippen molar-refractivity contribution in [3.8, 4) is 5.75 Å². The van der Waals surface area contributed by atoms with Gasteiger partial charge in [0, 0.05) is 11.3 Å². The Labute approximate surface area is 114 Å². The van der Waals surface area contributed by atoms with E-state index in [2.05, 4.69) is 30.4 Å². The number of anilines is 1. The summed E-state index contributed by atoms with van der Waals surface area (Å²) in [5, 5.41) is 3.33. The molecular weight excluding hydrogens is 236 g/mol. The number of nitrogens with two attached hydrogens (primary N) is 1. The first-order chi connectivity index (χ1) is 9.15. The van der Waals surface area contributed by atoms with E-state index in [1.165, 1.54) is 5.56 Å². The van der Waals surface area contributed by atoms with E-state index < -0.39 is 0 Å². The molecular formula is C16H20N2O. The fourth-order valence-corrected chi connectivity index (χ4v) is 2.32. The Hall–Kier alpha value is -2.00. The molecule has 100 valence electrons. The molecule has 3 heteroatoms. The largest absolute Gasteiger partial charge is 0.496 e. The molecule has 0 fully saturated rings. The van der Waals surface area contributed by atoms with Gasteiger partial charge >= 0.3 is 0 Å². The molecule has 0 aliphatic heterocycles. The third-order valence-electron chi connectivity index (χ3n) is 3.23. The van der Waals surface area contributed by atoms with Crippen molar-refractivity contribution in [3.63, 3.8) is 0 Å². The summed E-state index contributed by atoms with van der Waals surface area (Å²) in [7, 11) is 3.63. The Morgan fingerprint density at radius 3 is 2.58 bits per heavy atom. The van der Waals surface area contributed by atoms with Gasteiger partial charge in [-0.15, -0.1) is 0 Å². The van der Waals surface area contributed by atoms with E-state index in [-0.39, 0.29) is 6.04 Å². The number of rotatable bonds is 4. The highest BCUT2D eigenvalue weighted by molar-refractivity contribution is 5.48. The Bertz CT molecular complexity index is 566. The van der Waals surface area contributed by atoms with Crippen molar-refractivity contribution >= 4 is 5.69 Å². The van der Waals surface area contributed by atoms with Crippen molar-refractivity contribution in [2.45, 2.75) is 13.0 Å². The summed E-state index contributed by atoms with van der Waals surface area (Å²) in [6, 6.07) is 14.2. The first-order valence-corrected chi connectivity index (χ1v) is 6.33. The Morgan fingerprint density at radius 2 is 1.95 bits per heavy atom. The lowest BCUT2D eigenvalue weighted by molar-refractivity contribution is 0.405. The Kier molecular flexibility index (Phi) is 4.07. The van der Waals surface area contributed by atoms with E-state index in [1.807, 2.05) is 31.3 Å². The summed E-state index contributed by atoms with van der Waals surface area (Å²) in [4.78, 5) is 0. The molecule has 0 amide bonds. The van der Waals surface area contributed by atoms with Gasteiger partial charge in [-0.05, 0) is 37.7 Å². The second-order valence-electron chi connectivity index (χ2n) is 4.64. The number of ether oxygens (including phenoxy) is 1. The number of hydrogen-bond acceptors (Lipinski definition) is 3. The third kappa shape index (κ3) is 2.88. The van der Waals surface area contributed by atoms with E-state index in [0.29, 0.717) is 0 Å². The first kappa shape index (κ1) is 13.4. The van der Waals surface area contributed by atoms with Crippen LogP contribution in [-0.2, 0) is 0 Å². The zero-order valence-corrected chi connectivity index (χ0v) is 11.6. The lowest BCUT2D eigenvalue weighted by Gasteiger charge is -2.20. The highest BCUT2D eigenvalue weighted by atomic mass is 16.5. The normalized spacial score (nSPS) is 12.2. The highest BCUT2D eigenvalue weighted by Crippen LogP contribution is 2.31. The van der Waals surface area contributed by atoms with Gasteiger partial charge in [0.2, 0.25) is 0 Å². The molecule has 19 heavy (non-hydrogen) atoms. The van der Waals surface area contributed by atoms with E-state index >= 15 is 0 Å². The molecule has 0 heterocycles. The molecule has 0 bridgehead atoms. The number of benzene rings is 2. The van der Waals surface area contributed by atoms with Crippen molar-refractivity contribution in [2.75, 3.05) is 19.9 Å². The average Bonchev–Trinajstić information content (AvgIpc) is 2.40. The van der Waals surface area contributed by atoms with Gasteiger partial charge < -0.3 is 15.8 Å². The number of nitrogen functional groups attached to an aromatic ring is 1. The minimum absolute atomic E-state index is 0.0679. The number of methoxy groups -OCH3 is 1. The van der Waals surface area contributed by atoms with Crippen molar-refractivity contribution in [2.24, 2.45) is 0 Å². The van der Waals surface area contributed by atoms with Crippen LogP contribution in [-0.4, -0.2) is 14.2 Å². The van der Waals surface area contributed by atoms with Crippen molar-refractivity contribution < 1.29 is 4.74 Å². The standard InChI is InChI=1S/C16H20N2O/c1-11-7-8-15(19-3)14(9-11)16(18-2)12-5-4-6-13(17)10-12/h4-10,16,18H,17H2,1-3H3. The summed E-state index contributed by atoms with van der Waals surface area (Å²) in [5.41, 5.74) is 10.1. The monoisotopic (exact) mass is 256 g/mol. The van der Waals surface area contributed by atoms with Crippen molar-refractivity contribution in [3.05, 3.63) is 59.2 Å². The number of nitrogens with one attached hydrogen (secondary N) is 1. The van der Waals surface area contributed by atoms with Gasteiger partial charge in [-0.1, -0.05) is 29.8 Å². The van der Waals surface area contributed by atoms with Gasteiger partial charge in [0.25, 0.3) is 0 Å². The van der Waals surface area contributed by atoms with Crippen LogP contribution in [0.15, 0.2) is 42.5 Å². The maximum Gasteiger partial charge on any atom is 0.123 e. The Balaban J connectivity index is 2.50. The van der Waals surface area contributed by atoms with Gasteiger partial charge in [0.15, 0.2) is 0 Å². The second-order valence-corrected chi connectivity index (χ2v) is 4.64. The van der Waals surface area contributed by atoms with Crippen LogP contribution in [0.5, 0.6) is 5.75 Å². The fraction of sp³-hybridized carbons (Fsp3) is 0.250. The third-order valence-corrected chi connectivity index (χ3v) is 3.23. The molecule has 0 saturated carbocycles. The quantitative estimate of drug-likeness (QED) is 0.827. The average molecular weight is 256 g/mol. The predicted molar refractivity (Wildman–Crippen MR) is 79.5 cm³/mol. The summed E-state index contributed by atoms with van der Waals surface area (Å²) >= 11 is 0. The molecule has 0 spiro atoms. The van der Waals surface area contributed by atoms with Crippen molar-refractivity contribution in [1.29, 1.82) is 0 Å². The first-order valence-electron chi connectivity index (χ1n) is 6.33. The van der Waals surface area contributed by atoms with Crippen LogP contribution in [0.2, 0.25) is 0 Å². The summed E-state index contributed by atoms with van der Waals surface area (Å²) in [6.45, 7) is 2.08. The van der Waals surface area contributed by atoms with E-state index in [9.17, 15) is 0 Å². The van der Waals surface area contributed by atoms with E-state index in [0.717, 1.165) is 22.6 Å². The zero-order chi connectivity index (χ0) is 13.8. The van der Waals surface area contributed by atoms with Gasteiger partial charge in [-0.25, -0.2) is 0 Å². The predicted octanol–water partition coefficient (Wildman–Crippen LogP) is 2.89. The molecule has 2 aromatic carbocycles. The van der Waals surface area contributed by atoms with Gasteiger partial charge in [0.1, 0.15) is 5.75 Å². The molecule has 3 N–H and O–H groups in total.